The second-order valence-electron chi connectivity index (χ2n) is 5.92. The summed E-state index contributed by atoms with van der Waals surface area (Å²) in [5, 5.41) is 1.17. The average Bonchev–Trinajstić information content (AvgIpc) is 2.72. The Hall–Kier alpha value is -2.82. The zero-order chi connectivity index (χ0) is 19.9. The molecule has 0 aliphatic heterocycles. The van der Waals surface area contributed by atoms with Crippen LogP contribution in [0.25, 0.3) is 0 Å². The highest BCUT2D eigenvalue weighted by Crippen LogP contribution is 2.21. The number of para-hydroxylation sites is 1. The van der Waals surface area contributed by atoms with Crippen molar-refractivity contribution in [3.8, 4) is 5.75 Å². The van der Waals surface area contributed by atoms with Crippen LogP contribution in [0.5, 0.6) is 5.75 Å². The van der Waals surface area contributed by atoms with Crippen LogP contribution in [0.2, 0.25) is 10.0 Å². The molecule has 3 aromatic rings. The lowest BCUT2D eigenvalue weighted by molar-refractivity contribution is 0.0470. The van der Waals surface area contributed by atoms with E-state index in [0.717, 1.165) is 5.56 Å². The summed E-state index contributed by atoms with van der Waals surface area (Å²) >= 11 is 11.7. The van der Waals surface area contributed by atoms with Crippen molar-refractivity contribution >= 4 is 35.0 Å². The summed E-state index contributed by atoms with van der Waals surface area (Å²) in [5.74, 6) is -0.569. The normalized spacial score (nSPS) is 10.4. The van der Waals surface area contributed by atoms with E-state index in [4.69, 9.17) is 32.7 Å². The molecule has 0 N–H and O–H groups in total. The van der Waals surface area contributed by atoms with Gasteiger partial charge in [-0.15, -0.1) is 0 Å². The molecule has 0 aliphatic rings. The zero-order valence-electron chi connectivity index (χ0n) is 14.7. The van der Waals surface area contributed by atoms with Gasteiger partial charge in [-0.1, -0.05) is 47.5 Å². The Morgan fingerprint density at radius 2 is 1.39 bits per heavy atom. The van der Waals surface area contributed by atoms with Gasteiger partial charge in [0.05, 0.1) is 0 Å². The van der Waals surface area contributed by atoms with E-state index < -0.39 is 5.97 Å². The fourth-order valence-corrected chi connectivity index (χ4v) is 2.68. The molecule has 4 nitrogen and oxygen atoms in total. The molecule has 0 radical (unpaired) electrons. The molecule has 28 heavy (non-hydrogen) atoms. The Balaban J connectivity index is 1.62. The highest BCUT2D eigenvalue weighted by molar-refractivity contribution is 6.30. The minimum absolute atomic E-state index is 0.250. The lowest BCUT2D eigenvalue weighted by atomic mass is 10.1. The number of benzene rings is 3. The fraction of sp³-hybridized carbons (Fsp3) is 0.0909. The Labute approximate surface area is 172 Å². The van der Waals surface area contributed by atoms with E-state index in [2.05, 4.69) is 0 Å². The first-order valence-corrected chi connectivity index (χ1v) is 9.20. The Morgan fingerprint density at radius 1 is 0.786 bits per heavy atom. The van der Waals surface area contributed by atoms with E-state index in [9.17, 15) is 9.59 Å². The Kier molecular flexibility index (Phi) is 6.69. The van der Waals surface area contributed by atoms with Gasteiger partial charge in [-0.2, -0.15) is 0 Å². The summed E-state index contributed by atoms with van der Waals surface area (Å²) in [5.41, 5.74) is 1.58. The predicted molar refractivity (Wildman–Crippen MR) is 108 cm³/mol. The van der Waals surface area contributed by atoms with Gasteiger partial charge in [-0.3, -0.25) is 4.79 Å². The monoisotopic (exact) mass is 414 g/mol. The molecule has 0 spiro atoms. The molecule has 0 bridgehead atoms. The molecule has 0 amide bonds. The van der Waals surface area contributed by atoms with E-state index in [1.807, 2.05) is 12.1 Å². The molecular weight excluding hydrogens is 399 g/mol. The first-order chi connectivity index (χ1) is 13.5. The largest absolute Gasteiger partial charge is 0.488 e. The molecule has 0 saturated heterocycles. The third kappa shape index (κ3) is 5.35. The third-order valence-corrected chi connectivity index (χ3v) is 4.42. The zero-order valence-corrected chi connectivity index (χ0v) is 16.2. The highest BCUT2D eigenvalue weighted by Gasteiger charge is 2.16. The van der Waals surface area contributed by atoms with Crippen molar-refractivity contribution in [2.75, 3.05) is 6.61 Å². The van der Waals surface area contributed by atoms with Crippen LogP contribution in [0.3, 0.4) is 0 Å². The summed E-state index contributed by atoms with van der Waals surface area (Å²) < 4.78 is 10.9. The molecule has 0 aliphatic carbocycles. The van der Waals surface area contributed by atoms with Crippen LogP contribution >= 0.6 is 23.2 Å². The van der Waals surface area contributed by atoms with Crippen LogP contribution < -0.4 is 4.74 Å². The van der Waals surface area contributed by atoms with Gasteiger partial charge in [-0.05, 0) is 54.1 Å². The summed E-state index contributed by atoms with van der Waals surface area (Å²) in [6, 6.07) is 20.3. The van der Waals surface area contributed by atoms with Crippen LogP contribution in [-0.4, -0.2) is 18.4 Å². The van der Waals surface area contributed by atoms with Crippen molar-refractivity contribution in [1.29, 1.82) is 0 Å². The van der Waals surface area contributed by atoms with Gasteiger partial charge in [0, 0.05) is 15.6 Å². The molecule has 6 heteroatoms. The lowest BCUT2D eigenvalue weighted by Crippen LogP contribution is -2.15. The first-order valence-electron chi connectivity index (χ1n) is 8.45. The maximum Gasteiger partial charge on any atom is 0.342 e. The molecular formula is C22H16Cl2O4. The minimum Gasteiger partial charge on any atom is -0.488 e. The van der Waals surface area contributed by atoms with E-state index in [1.165, 1.54) is 0 Å². The molecule has 0 heterocycles. The van der Waals surface area contributed by atoms with E-state index in [0.29, 0.717) is 21.4 Å². The summed E-state index contributed by atoms with van der Waals surface area (Å²) in [4.78, 5) is 24.6. The average molecular weight is 415 g/mol. The summed E-state index contributed by atoms with van der Waals surface area (Å²) in [6.45, 7) is -0.100. The first kappa shape index (κ1) is 19.9. The second-order valence-corrected chi connectivity index (χ2v) is 6.79. The van der Waals surface area contributed by atoms with Crippen LogP contribution in [0.1, 0.15) is 26.3 Å². The summed E-state index contributed by atoms with van der Waals surface area (Å²) in [7, 11) is 0. The number of esters is 1. The van der Waals surface area contributed by atoms with Gasteiger partial charge in [0.1, 0.15) is 17.9 Å². The fourth-order valence-electron chi connectivity index (χ4n) is 2.43. The Bertz CT molecular complexity index is 967. The van der Waals surface area contributed by atoms with Crippen molar-refractivity contribution < 1.29 is 19.1 Å². The van der Waals surface area contributed by atoms with Crippen LogP contribution in [-0.2, 0) is 11.3 Å². The number of Topliss-reactive ketones (excluding diaryl/α,β-unsaturated/α-hetero) is 1. The third-order valence-electron chi connectivity index (χ3n) is 3.92. The lowest BCUT2D eigenvalue weighted by Gasteiger charge is -2.11. The number of hydrogen-bond acceptors (Lipinski definition) is 4. The molecule has 3 rings (SSSR count). The SMILES string of the molecule is O=C(COC(=O)c1ccccc1OCc1ccc(Cl)cc1)c1ccc(Cl)cc1. The van der Waals surface area contributed by atoms with Crippen molar-refractivity contribution in [3.05, 3.63) is 99.5 Å². The summed E-state index contributed by atoms with van der Waals surface area (Å²) in [6.07, 6.45) is 0. The van der Waals surface area contributed by atoms with Crippen molar-refractivity contribution in [2.24, 2.45) is 0 Å². The molecule has 0 atom stereocenters. The number of ketones is 1. The van der Waals surface area contributed by atoms with Crippen LogP contribution in [0.15, 0.2) is 72.8 Å². The number of hydrogen-bond donors (Lipinski definition) is 0. The standard InChI is InChI=1S/C22H16Cl2O4/c23-17-9-5-15(6-10-17)13-27-21-4-2-1-3-19(21)22(26)28-14-20(25)16-7-11-18(24)12-8-16/h1-12H,13-14H2. The van der Waals surface area contributed by atoms with Crippen molar-refractivity contribution in [1.82, 2.24) is 0 Å². The number of halogens is 2. The van der Waals surface area contributed by atoms with E-state index in [-0.39, 0.29) is 24.6 Å². The Morgan fingerprint density at radius 3 is 2.07 bits per heavy atom. The predicted octanol–water partition coefficient (Wildman–Crippen LogP) is 5.61. The highest BCUT2D eigenvalue weighted by atomic mass is 35.5. The molecule has 0 unspecified atom stereocenters. The van der Waals surface area contributed by atoms with E-state index in [1.54, 1.807) is 60.7 Å². The number of carbonyl (C=O) groups excluding carboxylic acids is 2. The van der Waals surface area contributed by atoms with E-state index >= 15 is 0 Å². The van der Waals surface area contributed by atoms with Gasteiger partial charge in [-0.25, -0.2) is 4.79 Å². The van der Waals surface area contributed by atoms with Gasteiger partial charge >= 0.3 is 5.97 Å². The van der Waals surface area contributed by atoms with Gasteiger partial charge < -0.3 is 9.47 Å². The second kappa shape index (κ2) is 9.40. The topological polar surface area (TPSA) is 52.6 Å². The van der Waals surface area contributed by atoms with Crippen molar-refractivity contribution in [3.63, 3.8) is 0 Å². The molecule has 3 aromatic carbocycles. The molecule has 142 valence electrons. The van der Waals surface area contributed by atoms with Gasteiger partial charge in [0.25, 0.3) is 0 Å². The number of carbonyl (C=O) groups is 2. The van der Waals surface area contributed by atoms with Crippen molar-refractivity contribution in [2.45, 2.75) is 6.61 Å². The maximum absolute atomic E-state index is 12.4. The van der Waals surface area contributed by atoms with Gasteiger partial charge in [0.15, 0.2) is 12.4 Å². The smallest absolute Gasteiger partial charge is 0.342 e. The minimum atomic E-state index is -0.631. The van der Waals surface area contributed by atoms with Crippen LogP contribution in [0.4, 0.5) is 0 Å². The van der Waals surface area contributed by atoms with Crippen LogP contribution in [0, 0.1) is 0 Å². The molecule has 0 saturated carbocycles. The molecule has 0 aromatic heterocycles. The number of rotatable bonds is 7. The quantitative estimate of drug-likeness (QED) is 0.372. The molecule has 0 fully saturated rings. The maximum atomic E-state index is 12.4. The van der Waals surface area contributed by atoms with Gasteiger partial charge in [0.2, 0.25) is 0 Å². The number of ether oxygens (including phenoxy) is 2.